The molecule has 0 radical (unpaired) electrons. The van der Waals surface area contributed by atoms with Crippen molar-refractivity contribution < 1.29 is 34.2 Å². The number of rotatable bonds is 11. The van der Waals surface area contributed by atoms with Crippen molar-refractivity contribution in [3.8, 4) is 12.3 Å². The summed E-state index contributed by atoms with van der Waals surface area (Å²) in [7, 11) is 0. The van der Waals surface area contributed by atoms with Gasteiger partial charge in [-0.3, -0.25) is 14.4 Å². The Morgan fingerprint density at radius 1 is 1.11 bits per heavy atom. The molecule has 0 aromatic rings. The van der Waals surface area contributed by atoms with Crippen LogP contribution in [0.1, 0.15) is 91.9 Å². The molecule has 11 heteroatoms. The number of terminal acetylenes is 1. The summed E-state index contributed by atoms with van der Waals surface area (Å²) < 4.78 is 0. The lowest BCUT2D eigenvalue weighted by molar-refractivity contribution is -0.143. The van der Waals surface area contributed by atoms with Crippen molar-refractivity contribution in [2.24, 2.45) is 45.4 Å². The highest BCUT2D eigenvalue weighted by Crippen LogP contribution is 2.67. The average Bonchev–Trinajstić information content (AvgIpc) is 3.24. The number of fused-ring (bicyclic) bond motifs is 5. The van der Waals surface area contributed by atoms with Gasteiger partial charge in [-0.05, 0) is 93.0 Å². The molecular formula is C33H48N4O7. The molecule has 0 unspecified atom stereocenters. The summed E-state index contributed by atoms with van der Waals surface area (Å²) in [5.74, 6) is 0.706. The molecule has 6 N–H and O–H groups in total. The first-order valence-electron chi connectivity index (χ1n) is 15.9. The number of aliphatic carboxylic acids is 1. The topological polar surface area (TPSA) is 180 Å². The molecule has 3 saturated carbocycles. The van der Waals surface area contributed by atoms with E-state index in [0.717, 1.165) is 50.7 Å². The van der Waals surface area contributed by atoms with Gasteiger partial charge in [-0.25, -0.2) is 4.79 Å². The highest BCUT2D eigenvalue weighted by atomic mass is 16.6. The first-order chi connectivity index (χ1) is 20.6. The zero-order valence-electron chi connectivity index (χ0n) is 26.4. The number of nitrogens with one attached hydrogen (secondary N) is 2. The predicted octanol–water partition coefficient (Wildman–Crippen LogP) is 2.66. The van der Waals surface area contributed by atoms with E-state index in [-0.39, 0.29) is 29.6 Å². The van der Waals surface area contributed by atoms with Gasteiger partial charge in [0, 0.05) is 11.8 Å². The lowest BCUT2D eigenvalue weighted by Gasteiger charge is -2.58. The van der Waals surface area contributed by atoms with Crippen LogP contribution in [0, 0.1) is 46.8 Å². The third-order valence-corrected chi connectivity index (χ3v) is 11.3. The average molecular weight is 613 g/mol. The summed E-state index contributed by atoms with van der Waals surface area (Å²) in [4.78, 5) is 53.4. The number of oxime groups is 1. The van der Waals surface area contributed by atoms with Crippen molar-refractivity contribution in [2.45, 2.75) is 110 Å². The third kappa shape index (κ3) is 6.37. The van der Waals surface area contributed by atoms with Crippen LogP contribution >= 0.6 is 0 Å². The Morgan fingerprint density at radius 3 is 2.45 bits per heavy atom. The van der Waals surface area contributed by atoms with E-state index in [1.54, 1.807) is 13.8 Å². The number of carbonyl (C=O) groups is 4. The smallest absolute Gasteiger partial charge is 0.326 e. The van der Waals surface area contributed by atoms with Crippen LogP contribution in [0.3, 0.4) is 0 Å². The molecule has 3 amide bonds. The minimum absolute atomic E-state index is 0.0561. The second kappa shape index (κ2) is 12.9. The van der Waals surface area contributed by atoms with E-state index >= 15 is 0 Å². The lowest BCUT2D eigenvalue weighted by Crippen LogP contribution is -2.54. The molecule has 3 fully saturated rings. The first kappa shape index (κ1) is 33.5. The van der Waals surface area contributed by atoms with Crippen molar-refractivity contribution in [3.63, 3.8) is 0 Å². The van der Waals surface area contributed by atoms with Gasteiger partial charge in [0.05, 0.1) is 5.71 Å². The van der Waals surface area contributed by atoms with Gasteiger partial charge in [0.15, 0.2) is 6.61 Å². The van der Waals surface area contributed by atoms with Gasteiger partial charge in [-0.15, -0.1) is 6.42 Å². The summed E-state index contributed by atoms with van der Waals surface area (Å²) >= 11 is 0. The number of amides is 3. The number of carboxylic acids is 1. The number of carbonyl (C=O) groups excluding carboxylic acids is 3. The number of nitrogens with zero attached hydrogens (tertiary/aromatic N) is 1. The van der Waals surface area contributed by atoms with Crippen molar-refractivity contribution >= 4 is 29.4 Å². The number of nitrogens with two attached hydrogens (primary N) is 1. The van der Waals surface area contributed by atoms with Gasteiger partial charge >= 0.3 is 5.97 Å². The molecular weight excluding hydrogens is 564 g/mol. The molecule has 44 heavy (non-hydrogen) atoms. The van der Waals surface area contributed by atoms with Crippen LogP contribution in [0.25, 0.3) is 0 Å². The van der Waals surface area contributed by atoms with Crippen LogP contribution in [0.4, 0.5) is 0 Å². The Balaban J connectivity index is 1.34. The summed E-state index contributed by atoms with van der Waals surface area (Å²) in [6, 6.07) is -2.31. The summed E-state index contributed by atoms with van der Waals surface area (Å²) in [5, 5.41) is 29.9. The maximum absolute atomic E-state index is 12.8. The van der Waals surface area contributed by atoms with Crippen molar-refractivity contribution in [1.82, 2.24) is 10.6 Å². The number of allylic oxidation sites excluding steroid dienone is 2. The van der Waals surface area contributed by atoms with Crippen LogP contribution in [-0.4, -0.2) is 63.9 Å². The van der Waals surface area contributed by atoms with Gasteiger partial charge in [-0.2, -0.15) is 0 Å². The van der Waals surface area contributed by atoms with Crippen molar-refractivity contribution in [1.29, 1.82) is 0 Å². The van der Waals surface area contributed by atoms with E-state index in [1.165, 1.54) is 5.57 Å². The van der Waals surface area contributed by atoms with Gasteiger partial charge < -0.3 is 31.4 Å². The zero-order valence-corrected chi connectivity index (χ0v) is 26.4. The molecule has 242 valence electrons. The van der Waals surface area contributed by atoms with Crippen LogP contribution in [0.5, 0.6) is 0 Å². The Labute approximate surface area is 259 Å². The lowest BCUT2D eigenvalue weighted by atomic mass is 9.46. The molecule has 0 spiro atoms. The number of hydrogen-bond donors (Lipinski definition) is 5. The first-order valence-corrected chi connectivity index (χ1v) is 15.9. The molecule has 4 aliphatic rings. The van der Waals surface area contributed by atoms with E-state index in [4.69, 9.17) is 17.0 Å². The molecule has 11 nitrogen and oxygen atoms in total. The molecule has 4 rings (SSSR count). The molecule has 0 saturated heterocycles. The van der Waals surface area contributed by atoms with Crippen LogP contribution in [0.2, 0.25) is 0 Å². The number of aliphatic hydroxyl groups is 1. The summed E-state index contributed by atoms with van der Waals surface area (Å²) in [5.41, 5.74) is 6.07. The fourth-order valence-corrected chi connectivity index (χ4v) is 8.63. The zero-order chi connectivity index (χ0) is 32.4. The molecule has 0 bridgehead atoms. The summed E-state index contributed by atoms with van der Waals surface area (Å²) in [6.45, 7) is 7.61. The molecule has 4 aliphatic carbocycles. The highest BCUT2D eigenvalue weighted by Gasteiger charge is 2.63. The van der Waals surface area contributed by atoms with E-state index in [2.05, 4.69) is 41.6 Å². The molecule has 0 heterocycles. The van der Waals surface area contributed by atoms with Gasteiger partial charge in [-0.1, -0.05) is 44.3 Å². The maximum atomic E-state index is 12.8. The van der Waals surface area contributed by atoms with Gasteiger partial charge in [0.25, 0.3) is 5.91 Å². The fraction of sp³-hybridized carbons (Fsp3) is 0.727. The second-order valence-corrected chi connectivity index (χ2v) is 14.1. The molecule has 0 aromatic heterocycles. The van der Waals surface area contributed by atoms with Crippen molar-refractivity contribution in [3.05, 3.63) is 11.6 Å². The van der Waals surface area contributed by atoms with E-state index in [0.29, 0.717) is 24.2 Å². The molecule has 0 aromatic carbocycles. The summed E-state index contributed by atoms with van der Waals surface area (Å²) in [6.07, 6.45) is 14.9. The fourth-order valence-electron chi connectivity index (χ4n) is 8.63. The van der Waals surface area contributed by atoms with Crippen LogP contribution in [-0.2, 0) is 24.0 Å². The molecule has 8 atom stereocenters. The van der Waals surface area contributed by atoms with Crippen molar-refractivity contribution in [2.75, 3.05) is 6.61 Å². The van der Waals surface area contributed by atoms with Crippen LogP contribution < -0.4 is 16.4 Å². The van der Waals surface area contributed by atoms with Crippen LogP contribution in [0.15, 0.2) is 16.8 Å². The minimum Gasteiger partial charge on any atom is -0.480 e. The second-order valence-electron chi connectivity index (χ2n) is 14.1. The van der Waals surface area contributed by atoms with E-state index in [9.17, 15) is 29.4 Å². The van der Waals surface area contributed by atoms with Gasteiger partial charge in [0.2, 0.25) is 11.8 Å². The minimum atomic E-state index is -1.31. The maximum Gasteiger partial charge on any atom is 0.326 e. The predicted molar refractivity (Wildman–Crippen MR) is 164 cm³/mol. The quantitative estimate of drug-likeness (QED) is 0.176. The number of primary amides is 1. The highest BCUT2D eigenvalue weighted by molar-refractivity contribution is 5.96. The Kier molecular flexibility index (Phi) is 9.84. The normalized spacial score (nSPS) is 34.8. The van der Waals surface area contributed by atoms with Gasteiger partial charge in [0.1, 0.15) is 17.7 Å². The standard InChI is InChI=1S/C33H48N4O7/c1-6-33(43)16-13-24-22-8-7-20-17-21(11-14-31(20,4)23(22)12-15-32(24,33)5)37-44-18-27(39)36-28(19(2)3)29(40)35-25(30(41)42)9-10-26(34)38/h1,17,19,22-25,28,43H,7-16,18H2,2-5H3,(H2,34,38)(H,35,40)(H,36,39)(H,41,42)/b37-21-/t22-,23+,24-,25-,28+,31+,32+,33-/m1/s1. The largest absolute Gasteiger partial charge is 0.480 e. The number of hydrogen-bond acceptors (Lipinski definition) is 7. The Bertz CT molecular complexity index is 1270. The monoisotopic (exact) mass is 612 g/mol. The van der Waals surface area contributed by atoms with E-state index < -0.39 is 48.0 Å². The third-order valence-electron chi connectivity index (χ3n) is 11.3. The number of carboxylic acid groups (broad SMARTS) is 1. The molecule has 0 aliphatic heterocycles. The Morgan fingerprint density at radius 2 is 1.82 bits per heavy atom. The SMILES string of the molecule is C#C[C@@]1(O)CC[C@@H]2[C@@H]3CCC4=C/C(=N\OCC(=O)N[C@H](C(=O)N[C@H](CCC(N)=O)C(=O)O)C(C)C)CC[C@]4(C)[C@H]3CC[C@@]21C. The van der Waals surface area contributed by atoms with E-state index in [1.807, 2.05) is 0 Å². The Hall–Kier alpha value is -3.39.